The van der Waals surface area contributed by atoms with Crippen molar-refractivity contribution in [3.8, 4) is 0 Å². The van der Waals surface area contributed by atoms with Gasteiger partial charge in [-0.25, -0.2) is 26.7 Å². The maximum Gasteiger partial charge on any atom is 0.260 e. The van der Waals surface area contributed by atoms with E-state index in [0.717, 1.165) is 10.0 Å². The number of carbonyl (C=O) groups is 1. The van der Waals surface area contributed by atoms with Crippen LogP contribution in [0.4, 0.5) is 11.6 Å². The molecule has 10 nitrogen and oxygen atoms in total. The van der Waals surface area contributed by atoms with Gasteiger partial charge in [-0.2, -0.15) is 8.61 Å². The molecule has 1 saturated heterocycles. The molecule has 0 bridgehead atoms. The average molecular weight is 740 g/mol. The van der Waals surface area contributed by atoms with E-state index in [-0.39, 0.29) is 55.2 Å². The number of fused-ring (bicyclic) bond motifs is 1. The Morgan fingerprint density at radius 1 is 0.952 bits per heavy atom. The number of piperazine rings is 1. The summed E-state index contributed by atoms with van der Waals surface area (Å²) in [5.41, 5.74) is -0.230. The van der Waals surface area contributed by atoms with E-state index < -0.39 is 31.5 Å². The third-order valence-electron chi connectivity index (χ3n) is 7.37. The van der Waals surface area contributed by atoms with Gasteiger partial charge in [-0.15, -0.1) is 11.6 Å². The van der Waals surface area contributed by atoms with Gasteiger partial charge in [-0.3, -0.25) is 9.36 Å². The van der Waals surface area contributed by atoms with E-state index in [2.05, 4.69) is 20.9 Å². The van der Waals surface area contributed by atoms with Gasteiger partial charge in [0.25, 0.3) is 15.9 Å². The van der Waals surface area contributed by atoms with Crippen molar-refractivity contribution in [2.75, 3.05) is 42.7 Å². The second-order valence-electron chi connectivity index (χ2n) is 10.2. The zero-order chi connectivity index (χ0) is 30.4. The Bertz CT molecular complexity index is 1710. The molecule has 16 heteroatoms. The highest BCUT2D eigenvalue weighted by Crippen LogP contribution is 2.45. The number of hydrogen-bond acceptors (Lipinski definition) is 6. The first kappa shape index (κ1) is 31.7. The van der Waals surface area contributed by atoms with Crippen molar-refractivity contribution in [1.82, 2.24) is 18.2 Å². The molecule has 1 fully saturated rings. The molecular formula is C26H27BrCl3N5O5S2. The summed E-state index contributed by atoms with van der Waals surface area (Å²) in [5.74, 6) is -0.174. The second-order valence-corrected chi connectivity index (χ2v) is 16.4. The minimum Gasteiger partial charge on any atom is -0.284 e. The van der Waals surface area contributed by atoms with Crippen LogP contribution in [0.15, 0.2) is 58.2 Å². The molecule has 0 N–H and O–H groups in total. The highest BCUT2D eigenvalue weighted by Gasteiger charge is 2.52. The first-order valence-electron chi connectivity index (χ1n) is 13.0. The fraction of sp³-hybridized carbons (Fsp3) is 0.385. The topological polar surface area (TPSA) is 113 Å². The number of nitrogens with zero attached hydrogens (tertiary/aromatic N) is 5. The molecule has 3 heterocycles. The van der Waals surface area contributed by atoms with E-state index in [9.17, 15) is 21.6 Å². The van der Waals surface area contributed by atoms with Crippen molar-refractivity contribution in [2.24, 2.45) is 0 Å². The van der Waals surface area contributed by atoms with Crippen molar-refractivity contribution in [3.63, 3.8) is 0 Å². The van der Waals surface area contributed by atoms with Crippen LogP contribution < -0.4 is 4.90 Å². The number of halogens is 4. The minimum absolute atomic E-state index is 0.00702. The van der Waals surface area contributed by atoms with Crippen molar-refractivity contribution < 1.29 is 21.6 Å². The average Bonchev–Trinajstić information content (AvgIpc) is 3.47. The minimum atomic E-state index is -4.19. The van der Waals surface area contributed by atoms with Gasteiger partial charge in [0.2, 0.25) is 16.0 Å². The Hall–Kier alpha value is -1.71. The molecule has 0 aliphatic carbocycles. The number of benzene rings is 2. The van der Waals surface area contributed by atoms with Crippen LogP contribution in [-0.4, -0.2) is 78.7 Å². The van der Waals surface area contributed by atoms with E-state index in [4.69, 9.17) is 34.8 Å². The Kier molecular flexibility index (Phi) is 9.06. The zero-order valence-electron chi connectivity index (χ0n) is 22.4. The SMILES string of the molecule is CC1(Cc2ccc(Br)cc2)C(=O)N(c2cc(Cl)cc(Cl)c2)c2ncc(S(=O)(=O)N3CCN(S(=O)(=O)CCCCl)CC3)n21. The number of anilines is 2. The molecular weight excluding hydrogens is 713 g/mol. The second kappa shape index (κ2) is 12.0. The number of alkyl halides is 1. The predicted molar refractivity (Wildman–Crippen MR) is 167 cm³/mol. The standard InChI is InChI=1S/C26H27BrCl3N5O5S2/c1-26(16-18-3-5-19(27)6-4-18)24(36)34(22-14-20(29)13-21(30)15-22)25-31-17-23(35(25)26)42(39,40)33-10-8-32(9-11-33)41(37,38)12-2-7-28/h3-6,13-15,17H,2,7-12,16H2,1H3. The Balaban J connectivity index is 1.54. The Labute approximate surface area is 268 Å². The van der Waals surface area contributed by atoms with Crippen LogP contribution in [0, 0.1) is 0 Å². The maximum atomic E-state index is 14.2. The van der Waals surface area contributed by atoms with E-state index in [0.29, 0.717) is 22.2 Å². The smallest absolute Gasteiger partial charge is 0.260 e. The van der Waals surface area contributed by atoms with E-state index in [1.807, 2.05) is 24.3 Å². The highest BCUT2D eigenvalue weighted by molar-refractivity contribution is 9.10. The van der Waals surface area contributed by atoms with Gasteiger partial charge in [-0.1, -0.05) is 51.3 Å². The lowest BCUT2D eigenvalue weighted by atomic mass is 9.92. The molecule has 42 heavy (non-hydrogen) atoms. The predicted octanol–water partition coefficient (Wildman–Crippen LogP) is 4.85. The summed E-state index contributed by atoms with van der Waals surface area (Å²) < 4.78 is 58.3. The Morgan fingerprint density at radius 3 is 2.14 bits per heavy atom. The number of hydrogen-bond donors (Lipinski definition) is 0. The molecule has 5 rings (SSSR count). The fourth-order valence-corrected chi connectivity index (χ4v) is 9.47. The first-order chi connectivity index (χ1) is 19.8. The molecule has 1 atom stereocenters. The van der Waals surface area contributed by atoms with Crippen molar-refractivity contribution in [1.29, 1.82) is 0 Å². The summed E-state index contributed by atoms with van der Waals surface area (Å²) in [4.78, 5) is 20.0. The summed E-state index contributed by atoms with van der Waals surface area (Å²) in [6.45, 7) is 1.59. The van der Waals surface area contributed by atoms with Crippen LogP contribution in [0.1, 0.15) is 18.9 Å². The van der Waals surface area contributed by atoms with Crippen molar-refractivity contribution >= 4 is 88.3 Å². The largest absolute Gasteiger partial charge is 0.284 e. The van der Waals surface area contributed by atoms with Crippen molar-refractivity contribution in [2.45, 2.75) is 30.3 Å². The van der Waals surface area contributed by atoms with Gasteiger partial charge in [0, 0.05) is 53.0 Å². The molecule has 0 saturated carbocycles. The van der Waals surface area contributed by atoms with Crippen LogP contribution in [0.2, 0.25) is 10.0 Å². The van der Waals surface area contributed by atoms with Crippen LogP contribution in [0.3, 0.4) is 0 Å². The lowest BCUT2D eigenvalue weighted by Gasteiger charge is -2.34. The summed E-state index contributed by atoms with van der Waals surface area (Å²) in [7, 11) is -7.75. The normalized spacial score (nSPS) is 20.3. The van der Waals surface area contributed by atoms with Gasteiger partial charge in [0.15, 0.2) is 5.03 Å². The van der Waals surface area contributed by atoms with E-state index in [1.165, 1.54) is 30.3 Å². The number of sulfonamides is 2. The summed E-state index contributed by atoms with van der Waals surface area (Å²) in [6.07, 6.45) is 1.71. The fourth-order valence-electron chi connectivity index (χ4n) is 5.30. The van der Waals surface area contributed by atoms with Crippen LogP contribution in [0.25, 0.3) is 0 Å². The maximum absolute atomic E-state index is 14.2. The zero-order valence-corrected chi connectivity index (χ0v) is 27.9. The monoisotopic (exact) mass is 737 g/mol. The summed E-state index contributed by atoms with van der Waals surface area (Å²) >= 11 is 21.6. The first-order valence-corrected chi connectivity index (χ1v) is 18.1. The molecule has 1 amide bonds. The third-order valence-corrected chi connectivity index (χ3v) is 12.4. The number of carbonyl (C=O) groups excluding carboxylic acids is 1. The van der Waals surface area contributed by atoms with Crippen molar-refractivity contribution in [3.05, 3.63) is 68.7 Å². The van der Waals surface area contributed by atoms with Gasteiger partial charge >= 0.3 is 0 Å². The molecule has 2 aromatic carbocycles. The summed E-state index contributed by atoms with van der Waals surface area (Å²) in [5, 5.41) is 0.438. The molecule has 2 aliphatic rings. The lowest BCUT2D eigenvalue weighted by Crippen LogP contribution is -2.51. The van der Waals surface area contributed by atoms with Crippen LogP contribution in [0.5, 0.6) is 0 Å². The number of amides is 1. The van der Waals surface area contributed by atoms with Gasteiger partial charge in [-0.05, 0) is 49.2 Å². The van der Waals surface area contributed by atoms with E-state index in [1.54, 1.807) is 19.1 Å². The summed E-state index contributed by atoms with van der Waals surface area (Å²) in [6, 6.07) is 12.1. The van der Waals surface area contributed by atoms with Gasteiger partial charge in [0.1, 0.15) is 5.54 Å². The molecule has 226 valence electrons. The van der Waals surface area contributed by atoms with Gasteiger partial charge in [0.05, 0.1) is 17.6 Å². The highest BCUT2D eigenvalue weighted by atomic mass is 79.9. The van der Waals surface area contributed by atoms with E-state index >= 15 is 0 Å². The number of imidazole rings is 1. The molecule has 0 radical (unpaired) electrons. The quantitative estimate of drug-likeness (QED) is 0.290. The third kappa shape index (κ3) is 5.86. The molecule has 2 aliphatic heterocycles. The lowest BCUT2D eigenvalue weighted by molar-refractivity contribution is -0.124. The Morgan fingerprint density at radius 2 is 1.55 bits per heavy atom. The van der Waals surface area contributed by atoms with Crippen LogP contribution >= 0.6 is 50.7 Å². The molecule has 1 unspecified atom stereocenters. The molecule has 0 spiro atoms. The van der Waals surface area contributed by atoms with Gasteiger partial charge < -0.3 is 0 Å². The molecule has 3 aromatic rings. The van der Waals surface area contributed by atoms with Crippen LogP contribution in [-0.2, 0) is 36.8 Å². The number of aromatic nitrogens is 2. The number of rotatable bonds is 9. The molecule has 1 aromatic heterocycles.